The minimum Gasteiger partial charge on any atom is -0.507 e. The first-order chi connectivity index (χ1) is 13.4. The summed E-state index contributed by atoms with van der Waals surface area (Å²) in [6.45, 7) is 7.08. The quantitative estimate of drug-likeness (QED) is 0.660. The number of phenols is 1. The Morgan fingerprint density at radius 2 is 1.89 bits per heavy atom. The highest BCUT2D eigenvalue weighted by molar-refractivity contribution is 9.10. The summed E-state index contributed by atoms with van der Waals surface area (Å²) in [7, 11) is 0. The number of carbonyl (C=O) groups excluding carboxylic acids is 1. The Bertz CT molecular complexity index is 943. The van der Waals surface area contributed by atoms with Gasteiger partial charge in [0.1, 0.15) is 11.5 Å². The van der Waals surface area contributed by atoms with Crippen LogP contribution in [0.25, 0.3) is 6.08 Å². The number of carbonyl (C=O) groups is 1. The van der Waals surface area contributed by atoms with E-state index in [4.69, 9.17) is 4.74 Å². The van der Waals surface area contributed by atoms with E-state index < -0.39 is 0 Å². The second kappa shape index (κ2) is 7.72. The highest BCUT2D eigenvalue weighted by atomic mass is 79.9. The molecule has 0 aliphatic carbocycles. The smallest absolute Gasteiger partial charge is 0.231 e. The van der Waals surface area contributed by atoms with Gasteiger partial charge < -0.3 is 9.84 Å². The molecule has 2 aromatic carbocycles. The summed E-state index contributed by atoms with van der Waals surface area (Å²) >= 11 is 3.50. The number of phenolic OH excluding ortho intramolecular Hbond substituents is 1. The van der Waals surface area contributed by atoms with Crippen molar-refractivity contribution in [3.8, 4) is 11.5 Å². The lowest BCUT2D eigenvalue weighted by Gasteiger charge is -2.35. The fourth-order valence-corrected chi connectivity index (χ4v) is 4.73. The van der Waals surface area contributed by atoms with Crippen molar-refractivity contribution in [3.05, 3.63) is 63.3 Å². The maximum Gasteiger partial charge on any atom is 0.231 e. The van der Waals surface area contributed by atoms with Gasteiger partial charge in [-0.15, -0.1) is 0 Å². The van der Waals surface area contributed by atoms with Gasteiger partial charge in [-0.2, -0.15) is 0 Å². The fourth-order valence-electron chi connectivity index (χ4n) is 4.33. The number of benzene rings is 2. The first-order valence-electron chi connectivity index (χ1n) is 9.68. The number of allylic oxidation sites excluding steroid dienone is 1. The van der Waals surface area contributed by atoms with Crippen LogP contribution in [-0.4, -0.2) is 28.9 Å². The zero-order chi connectivity index (χ0) is 19.8. The third kappa shape index (κ3) is 3.74. The molecular formula is C23H24BrNO3. The number of rotatable bonds is 3. The average Bonchev–Trinajstić information content (AvgIpc) is 2.95. The lowest BCUT2D eigenvalue weighted by molar-refractivity contribution is 0.101. The van der Waals surface area contributed by atoms with Crippen LogP contribution in [0.2, 0.25) is 0 Å². The van der Waals surface area contributed by atoms with Crippen molar-refractivity contribution in [3.63, 3.8) is 0 Å². The topological polar surface area (TPSA) is 49.8 Å². The zero-order valence-electron chi connectivity index (χ0n) is 16.1. The standard InChI is InChI=1S/C23H24BrNO3/c1-14-9-15(2)12-25(11-14)13-18-20(26)8-7-17-22(27)21(28-23(17)18)10-16-5-3-4-6-19(16)24/h3-8,10,14-15,26H,9,11-13H2,1-2H3/b21-10+. The molecular weight excluding hydrogens is 418 g/mol. The van der Waals surface area contributed by atoms with Crippen LogP contribution in [0.5, 0.6) is 11.5 Å². The van der Waals surface area contributed by atoms with Gasteiger partial charge in [-0.25, -0.2) is 0 Å². The van der Waals surface area contributed by atoms with Crippen LogP contribution >= 0.6 is 15.9 Å². The average molecular weight is 442 g/mol. The van der Waals surface area contributed by atoms with E-state index in [1.165, 1.54) is 6.42 Å². The summed E-state index contributed by atoms with van der Waals surface area (Å²) < 4.78 is 6.89. The lowest BCUT2D eigenvalue weighted by atomic mass is 9.91. The van der Waals surface area contributed by atoms with Crippen molar-refractivity contribution >= 4 is 27.8 Å². The summed E-state index contributed by atoms with van der Waals surface area (Å²) in [4.78, 5) is 15.2. The van der Waals surface area contributed by atoms with E-state index in [9.17, 15) is 9.90 Å². The highest BCUT2D eigenvalue weighted by Gasteiger charge is 2.32. The fraction of sp³-hybridized carbons (Fsp3) is 0.348. The molecule has 2 heterocycles. The molecule has 5 heteroatoms. The number of ether oxygens (including phenoxy) is 1. The predicted molar refractivity (Wildman–Crippen MR) is 113 cm³/mol. The molecule has 1 N–H and O–H groups in total. The lowest BCUT2D eigenvalue weighted by Crippen LogP contribution is -2.38. The van der Waals surface area contributed by atoms with Crippen LogP contribution in [-0.2, 0) is 6.54 Å². The van der Waals surface area contributed by atoms with E-state index in [-0.39, 0.29) is 17.3 Å². The van der Waals surface area contributed by atoms with Crippen LogP contribution in [0.1, 0.15) is 41.8 Å². The first-order valence-corrected chi connectivity index (χ1v) is 10.5. The van der Waals surface area contributed by atoms with Gasteiger partial charge in [0.05, 0.1) is 11.1 Å². The van der Waals surface area contributed by atoms with Gasteiger partial charge in [0.2, 0.25) is 5.78 Å². The molecule has 0 bridgehead atoms. The number of nitrogens with zero attached hydrogens (tertiary/aromatic N) is 1. The Labute approximate surface area is 173 Å². The van der Waals surface area contributed by atoms with Crippen molar-refractivity contribution in [2.75, 3.05) is 13.1 Å². The van der Waals surface area contributed by atoms with E-state index in [1.807, 2.05) is 24.3 Å². The van der Waals surface area contributed by atoms with E-state index in [0.717, 1.165) is 23.1 Å². The van der Waals surface area contributed by atoms with Crippen molar-refractivity contribution < 1.29 is 14.6 Å². The monoisotopic (exact) mass is 441 g/mol. The van der Waals surface area contributed by atoms with E-state index in [1.54, 1.807) is 18.2 Å². The predicted octanol–water partition coefficient (Wildman–Crippen LogP) is 5.25. The number of halogens is 1. The normalized spacial score (nSPS) is 23.7. The van der Waals surface area contributed by atoms with Gasteiger partial charge in [0, 0.05) is 24.1 Å². The number of hydrogen-bond acceptors (Lipinski definition) is 4. The van der Waals surface area contributed by atoms with Gasteiger partial charge in [-0.3, -0.25) is 9.69 Å². The molecule has 1 saturated heterocycles. The van der Waals surface area contributed by atoms with Crippen LogP contribution < -0.4 is 4.74 Å². The third-order valence-electron chi connectivity index (χ3n) is 5.43. The minimum absolute atomic E-state index is 0.146. The second-order valence-corrected chi connectivity index (χ2v) is 8.90. The maximum absolute atomic E-state index is 12.9. The van der Waals surface area contributed by atoms with Crippen LogP contribution in [0.3, 0.4) is 0 Å². The Morgan fingerprint density at radius 1 is 1.18 bits per heavy atom. The number of hydrogen-bond donors (Lipinski definition) is 1. The maximum atomic E-state index is 12.9. The van der Waals surface area contributed by atoms with Crippen LogP contribution in [0, 0.1) is 11.8 Å². The van der Waals surface area contributed by atoms with Crippen LogP contribution in [0.4, 0.5) is 0 Å². The largest absolute Gasteiger partial charge is 0.507 e. The molecule has 2 aliphatic rings. The summed E-state index contributed by atoms with van der Waals surface area (Å²) in [5.41, 5.74) is 2.09. The van der Waals surface area contributed by atoms with E-state index in [0.29, 0.717) is 35.3 Å². The van der Waals surface area contributed by atoms with Gasteiger partial charge in [0.25, 0.3) is 0 Å². The van der Waals surface area contributed by atoms with Crippen molar-refractivity contribution in [2.45, 2.75) is 26.8 Å². The molecule has 1 fully saturated rings. The molecule has 4 rings (SSSR count). The van der Waals surface area contributed by atoms with Crippen molar-refractivity contribution in [1.82, 2.24) is 4.90 Å². The van der Waals surface area contributed by atoms with Gasteiger partial charge >= 0.3 is 0 Å². The molecule has 2 unspecified atom stereocenters. The van der Waals surface area contributed by atoms with Crippen LogP contribution in [0.15, 0.2) is 46.6 Å². The molecule has 2 atom stereocenters. The Balaban J connectivity index is 1.65. The molecule has 4 nitrogen and oxygen atoms in total. The molecule has 0 aromatic heterocycles. The molecule has 0 spiro atoms. The summed E-state index contributed by atoms with van der Waals surface area (Å²) in [6.07, 6.45) is 2.97. The Morgan fingerprint density at radius 3 is 2.61 bits per heavy atom. The number of aromatic hydroxyl groups is 1. The third-order valence-corrected chi connectivity index (χ3v) is 6.16. The molecule has 2 aliphatic heterocycles. The highest BCUT2D eigenvalue weighted by Crippen LogP contribution is 2.41. The molecule has 28 heavy (non-hydrogen) atoms. The number of likely N-dealkylation sites (tertiary alicyclic amines) is 1. The molecule has 0 amide bonds. The van der Waals surface area contributed by atoms with Gasteiger partial charge in [-0.1, -0.05) is 48.0 Å². The van der Waals surface area contributed by atoms with Gasteiger partial charge in [-0.05, 0) is 48.1 Å². The summed E-state index contributed by atoms with van der Waals surface area (Å²) in [5.74, 6) is 2.06. The molecule has 0 saturated carbocycles. The molecule has 2 aromatic rings. The molecule has 146 valence electrons. The van der Waals surface area contributed by atoms with Crippen molar-refractivity contribution in [1.29, 1.82) is 0 Å². The van der Waals surface area contributed by atoms with Gasteiger partial charge in [0.15, 0.2) is 5.76 Å². The molecule has 0 radical (unpaired) electrons. The Kier molecular flexibility index (Phi) is 5.30. The number of fused-ring (bicyclic) bond motifs is 1. The van der Waals surface area contributed by atoms with E-state index in [2.05, 4.69) is 34.7 Å². The number of ketones is 1. The SMILES string of the molecule is CC1CC(C)CN(Cc2c(O)ccc3c2O/C(=C/c2ccccc2Br)C3=O)C1. The second-order valence-electron chi connectivity index (χ2n) is 8.04. The van der Waals surface area contributed by atoms with E-state index >= 15 is 0 Å². The zero-order valence-corrected chi connectivity index (χ0v) is 17.7. The number of Topliss-reactive ketones (excluding diaryl/α,β-unsaturated/α-hetero) is 1. The summed E-state index contributed by atoms with van der Waals surface area (Å²) in [5, 5.41) is 10.5. The summed E-state index contributed by atoms with van der Waals surface area (Å²) in [6, 6.07) is 10.9. The number of piperidine rings is 1. The first kappa shape index (κ1) is 19.2. The Hall–Kier alpha value is -2.11. The van der Waals surface area contributed by atoms with Crippen molar-refractivity contribution in [2.24, 2.45) is 11.8 Å². The minimum atomic E-state index is -0.146.